The minimum Gasteiger partial charge on any atom is -0.351 e. The highest BCUT2D eigenvalue weighted by Gasteiger charge is 2.17. The number of ether oxygens (including phenoxy) is 4. The van der Waals surface area contributed by atoms with E-state index < -0.39 is 6.29 Å². The lowest BCUT2D eigenvalue weighted by Crippen LogP contribution is -2.25. The van der Waals surface area contributed by atoms with Crippen molar-refractivity contribution >= 4 is 23.1 Å². The fraction of sp³-hybridized carbons (Fsp3) is 0.652. The van der Waals surface area contributed by atoms with Crippen molar-refractivity contribution in [2.24, 2.45) is 4.99 Å². The van der Waals surface area contributed by atoms with Crippen LogP contribution in [-0.4, -0.2) is 58.6 Å². The summed E-state index contributed by atoms with van der Waals surface area (Å²) in [6, 6.07) is 4.57. The number of aliphatic imine (C=N–C) groups is 1. The lowest BCUT2D eigenvalue weighted by molar-refractivity contribution is -0.156. The van der Waals surface area contributed by atoms with E-state index in [9.17, 15) is 9.18 Å². The Morgan fingerprint density at radius 3 is 2.19 bits per heavy atom. The lowest BCUT2D eigenvalue weighted by Gasteiger charge is -2.20. The molecule has 0 radical (unpaired) electrons. The van der Waals surface area contributed by atoms with Crippen LogP contribution >= 0.6 is 11.6 Å². The Kier molecular flexibility index (Phi) is 13.8. The van der Waals surface area contributed by atoms with Crippen molar-refractivity contribution in [3.8, 4) is 0 Å². The summed E-state index contributed by atoms with van der Waals surface area (Å²) in [5.74, 6) is -0.567. The molecular weight excluding hydrogens is 425 g/mol. The second kappa shape index (κ2) is 15.4. The summed E-state index contributed by atoms with van der Waals surface area (Å²) < 4.78 is 32.9. The van der Waals surface area contributed by atoms with Gasteiger partial charge in [-0.3, -0.25) is 9.79 Å². The van der Waals surface area contributed by atoms with Crippen molar-refractivity contribution < 1.29 is 28.1 Å². The Hall–Kier alpha value is -1.38. The highest BCUT2D eigenvalue weighted by Crippen LogP contribution is 2.21. The largest absolute Gasteiger partial charge is 0.351 e. The molecule has 6 nitrogen and oxygen atoms in total. The van der Waals surface area contributed by atoms with E-state index >= 15 is 0 Å². The fourth-order valence-electron chi connectivity index (χ4n) is 3.47. The average Bonchev–Trinajstić information content (AvgIpc) is 2.77. The molecule has 0 aromatic heterocycles. The maximum absolute atomic E-state index is 13.0. The lowest BCUT2D eigenvalue weighted by atomic mass is 9.96. The summed E-state index contributed by atoms with van der Waals surface area (Å²) in [5, 5.41) is 0.450. The molecule has 176 valence electrons. The SMILES string of the molecule is COC(OC)C(=O)CCc1cc(F)ccc1Cl.COC(OC)C(C)=NC1CCCCC1. The van der Waals surface area contributed by atoms with Gasteiger partial charge in [0.05, 0.1) is 11.8 Å². The zero-order valence-electron chi connectivity index (χ0n) is 19.2. The molecule has 0 spiro atoms. The number of carbonyl (C=O) groups is 1. The van der Waals surface area contributed by atoms with Crippen LogP contribution in [0.2, 0.25) is 5.02 Å². The predicted octanol–water partition coefficient (Wildman–Crippen LogP) is 5.00. The van der Waals surface area contributed by atoms with Crippen LogP contribution in [-0.2, 0) is 30.2 Å². The van der Waals surface area contributed by atoms with Crippen LogP contribution in [0.4, 0.5) is 4.39 Å². The van der Waals surface area contributed by atoms with Crippen molar-refractivity contribution in [3.63, 3.8) is 0 Å². The van der Waals surface area contributed by atoms with E-state index in [0.717, 1.165) is 5.71 Å². The molecule has 0 bridgehead atoms. The normalized spacial score (nSPS) is 15.2. The van der Waals surface area contributed by atoms with Crippen molar-refractivity contribution in [3.05, 3.63) is 34.6 Å². The zero-order chi connectivity index (χ0) is 23.2. The number of Topliss-reactive ketones (excluding diaryl/α,β-unsaturated/α-hetero) is 1. The molecule has 1 saturated carbocycles. The number of carbonyl (C=O) groups excluding carboxylic acids is 1. The molecule has 31 heavy (non-hydrogen) atoms. The van der Waals surface area contributed by atoms with E-state index in [4.69, 9.17) is 30.5 Å². The minimum atomic E-state index is -0.873. The number of hydrogen-bond donors (Lipinski definition) is 0. The molecule has 0 N–H and O–H groups in total. The second-order valence-corrected chi connectivity index (χ2v) is 7.78. The van der Waals surface area contributed by atoms with Gasteiger partial charge in [0, 0.05) is 39.9 Å². The molecule has 1 aromatic carbocycles. The van der Waals surface area contributed by atoms with Crippen LogP contribution in [0.3, 0.4) is 0 Å². The minimum absolute atomic E-state index is 0.190. The molecule has 0 saturated heterocycles. The van der Waals surface area contributed by atoms with E-state index in [1.54, 1.807) is 14.2 Å². The summed E-state index contributed by atoms with van der Waals surface area (Å²) >= 11 is 5.89. The maximum Gasteiger partial charge on any atom is 0.217 e. The van der Waals surface area contributed by atoms with Gasteiger partial charge in [-0.2, -0.15) is 0 Å². The number of nitrogens with zero attached hydrogens (tertiary/aromatic N) is 1. The molecule has 0 aliphatic heterocycles. The van der Waals surface area contributed by atoms with E-state index in [0.29, 0.717) is 23.0 Å². The van der Waals surface area contributed by atoms with E-state index in [2.05, 4.69) is 4.99 Å². The zero-order valence-corrected chi connectivity index (χ0v) is 19.9. The van der Waals surface area contributed by atoms with Crippen molar-refractivity contribution in [2.75, 3.05) is 28.4 Å². The number of aryl methyl sites for hydroxylation is 1. The van der Waals surface area contributed by atoms with Crippen LogP contribution in [0.5, 0.6) is 0 Å². The summed E-state index contributed by atoms with van der Waals surface area (Å²) in [6.07, 6.45) is 5.84. The third-order valence-corrected chi connectivity index (χ3v) is 5.44. The van der Waals surface area contributed by atoms with Gasteiger partial charge in [-0.05, 0) is 49.9 Å². The summed E-state index contributed by atoms with van der Waals surface area (Å²) in [5.41, 5.74) is 1.56. The van der Waals surface area contributed by atoms with Gasteiger partial charge in [-0.15, -0.1) is 0 Å². The van der Waals surface area contributed by atoms with Gasteiger partial charge in [0.15, 0.2) is 12.1 Å². The molecular formula is C23H35ClFNO5. The second-order valence-electron chi connectivity index (χ2n) is 7.37. The van der Waals surface area contributed by atoms with Crippen LogP contribution < -0.4 is 0 Å². The number of benzene rings is 1. The molecule has 1 fully saturated rings. The molecule has 1 aromatic rings. The Bertz CT molecular complexity index is 687. The smallest absolute Gasteiger partial charge is 0.217 e. The topological polar surface area (TPSA) is 66.4 Å². The first-order valence-electron chi connectivity index (χ1n) is 10.5. The third-order valence-electron chi connectivity index (χ3n) is 5.07. The van der Waals surface area contributed by atoms with Crippen LogP contribution in [0.1, 0.15) is 51.0 Å². The van der Waals surface area contributed by atoms with Gasteiger partial charge in [-0.25, -0.2) is 4.39 Å². The Balaban J connectivity index is 0.000000316. The van der Waals surface area contributed by atoms with Gasteiger partial charge < -0.3 is 18.9 Å². The molecule has 0 atom stereocenters. The molecule has 2 rings (SSSR count). The average molecular weight is 460 g/mol. The van der Waals surface area contributed by atoms with E-state index in [-0.39, 0.29) is 24.3 Å². The molecule has 0 heterocycles. The standard InChI is InChI=1S/C12H14ClFO3.C11H21NO2/c1-16-12(17-2)11(15)6-3-8-7-9(14)4-5-10(8)13;1-9(11(13-2)14-3)12-10-7-5-4-6-8-10/h4-5,7,12H,3,6H2,1-2H3;10-11H,4-8H2,1-3H3. The molecule has 0 amide bonds. The number of rotatable bonds is 10. The molecule has 1 aliphatic rings. The van der Waals surface area contributed by atoms with Crippen molar-refractivity contribution in [1.82, 2.24) is 0 Å². The van der Waals surface area contributed by atoms with Gasteiger partial charge in [0.2, 0.25) is 6.29 Å². The fourth-order valence-corrected chi connectivity index (χ4v) is 3.68. The van der Waals surface area contributed by atoms with Crippen LogP contribution in [0.15, 0.2) is 23.2 Å². The third kappa shape index (κ3) is 10.2. The maximum atomic E-state index is 13.0. The first-order chi connectivity index (χ1) is 14.9. The van der Waals surface area contributed by atoms with Gasteiger partial charge in [0.1, 0.15) is 5.82 Å². The first kappa shape index (κ1) is 27.7. The van der Waals surface area contributed by atoms with Crippen LogP contribution in [0.25, 0.3) is 0 Å². The van der Waals surface area contributed by atoms with Crippen molar-refractivity contribution in [1.29, 1.82) is 0 Å². The summed E-state index contributed by atoms with van der Waals surface area (Å²) in [4.78, 5) is 16.2. The van der Waals surface area contributed by atoms with Crippen LogP contribution in [0, 0.1) is 5.82 Å². The summed E-state index contributed by atoms with van der Waals surface area (Å²) in [7, 11) is 6.07. The Labute approximate surface area is 190 Å². The van der Waals surface area contributed by atoms with E-state index in [1.807, 2.05) is 6.92 Å². The number of halogens is 2. The monoisotopic (exact) mass is 459 g/mol. The molecule has 1 aliphatic carbocycles. The van der Waals surface area contributed by atoms with Crippen molar-refractivity contribution in [2.45, 2.75) is 70.5 Å². The highest BCUT2D eigenvalue weighted by molar-refractivity contribution is 6.31. The number of ketones is 1. The predicted molar refractivity (Wildman–Crippen MR) is 120 cm³/mol. The van der Waals surface area contributed by atoms with Gasteiger partial charge >= 0.3 is 0 Å². The number of methoxy groups -OCH3 is 4. The highest BCUT2D eigenvalue weighted by atomic mass is 35.5. The Morgan fingerprint density at radius 2 is 1.65 bits per heavy atom. The number of hydrogen-bond acceptors (Lipinski definition) is 6. The van der Waals surface area contributed by atoms with E-state index in [1.165, 1.54) is 64.5 Å². The molecule has 8 heteroatoms. The Morgan fingerprint density at radius 1 is 1.06 bits per heavy atom. The quantitative estimate of drug-likeness (QED) is 0.364. The summed E-state index contributed by atoms with van der Waals surface area (Å²) in [6.45, 7) is 1.98. The van der Waals surface area contributed by atoms with Gasteiger partial charge in [-0.1, -0.05) is 30.9 Å². The van der Waals surface area contributed by atoms with Gasteiger partial charge in [0.25, 0.3) is 0 Å². The first-order valence-corrected chi connectivity index (χ1v) is 10.9. The molecule has 0 unspecified atom stereocenters.